The standard InChI is InChI=1S/C8H19O4P.Ag/c1-7(2,3)11-13(9,10)12-8(4,5)6;/h1-6H3,(H,9,10);. The minimum absolute atomic E-state index is 0. The van der Waals surface area contributed by atoms with E-state index in [0.717, 1.165) is 0 Å². The van der Waals surface area contributed by atoms with Crippen molar-refractivity contribution in [3.63, 3.8) is 0 Å². The second-order valence-corrected chi connectivity index (χ2v) is 6.18. The van der Waals surface area contributed by atoms with E-state index in [9.17, 15) is 9.46 Å². The van der Waals surface area contributed by atoms with Gasteiger partial charge >= 0.3 is 7.82 Å². The summed E-state index contributed by atoms with van der Waals surface area (Å²) in [6.45, 7) is 10.2. The molecule has 0 aliphatic heterocycles. The molecule has 0 aromatic rings. The smallest absolute Gasteiger partial charge is 0.302 e. The van der Waals surface area contributed by atoms with Gasteiger partial charge in [0, 0.05) is 22.4 Å². The maximum atomic E-state index is 11.4. The van der Waals surface area contributed by atoms with E-state index in [4.69, 9.17) is 9.05 Å². The van der Waals surface area contributed by atoms with Crippen molar-refractivity contribution in [1.82, 2.24) is 0 Å². The molecule has 1 radical (unpaired) electrons. The van der Waals surface area contributed by atoms with Gasteiger partial charge in [0.05, 0.1) is 11.2 Å². The Morgan fingerprint density at radius 2 is 1.14 bits per heavy atom. The van der Waals surface area contributed by atoms with Crippen LogP contribution < -0.4 is 0 Å². The van der Waals surface area contributed by atoms with Gasteiger partial charge in [0.25, 0.3) is 0 Å². The minimum atomic E-state index is -3.94. The molecule has 6 heteroatoms. The molecule has 0 amide bonds. The van der Waals surface area contributed by atoms with Gasteiger partial charge in [-0.3, -0.25) is 9.05 Å². The van der Waals surface area contributed by atoms with Crippen molar-refractivity contribution in [1.29, 1.82) is 0 Å². The molecule has 0 fully saturated rings. The van der Waals surface area contributed by atoms with Crippen LogP contribution in [0.2, 0.25) is 0 Å². The van der Waals surface area contributed by atoms with E-state index >= 15 is 0 Å². The van der Waals surface area contributed by atoms with E-state index < -0.39 is 19.0 Å². The van der Waals surface area contributed by atoms with Crippen LogP contribution in [0.4, 0.5) is 0 Å². The summed E-state index contributed by atoms with van der Waals surface area (Å²) < 4.78 is 21.1. The zero-order valence-electron chi connectivity index (χ0n) is 9.42. The summed E-state index contributed by atoms with van der Waals surface area (Å²) in [4.78, 5) is 9.30. The molecule has 0 aromatic heterocycles. The van der Waals surface area contributed by atoms with Crippen LogP contribution in [-0.4, -0.2) is 16.1 Å². The zero-order chi connectivity index (χ0) is 10.9. The van der Waals surface area contributed by atoms with Crippen LogP contribution in [0, 0.1) is 0 Å². The summed E-state index contributed by atoms with van der Waals surface area (Å²) in [5.41, 5.74) is -1.37. The summed E-state index contributed by atoms with van der Waals surface area (Å²) >= 11 is 0. The molecule has 0 aliphatic carbocycles. The number of phosphoric acid groups is 1. The van der Waals surface area contributed by atoms with Gasteiger partial charge < -0.3 is 4.89 Å². The van der Waals surface area contributed by atoms with Gasteiger partial charge in [-0.05, 0) is 41.5 Å². The first-order valence-electron chi connectivity index (χ1n) is 4.16. The molecule has 0 saturated heterocycles. The van der Waals surface area contributed by atoms with E-state index in [-0.39, 0.29) is 22.4 Å². The number of phosphoric ester groups is 1. The van der Waals surface area contributed by atoms with Gasteiger partial charge in [0.1, 0.15) is 0 Å². The van der Waals surface area contributed by atoms with E-state index in [1.54, 1.807) is 41.5 Å². The van der Waals surface area contributed by atoms with Gasteiger partial charge in [0.15, 0.2) is 0 Å². The van der Waals surface area contributed by atoms with Crippen molar-refractivity contribution in [2.45, 2.75) is 52.7 Å². The Hall–Kier alpha value is 0.850. The predicted molar refractivity (Wildman–Crippen MR) is 51.5 cm³/mol. The van der Waals surface area contributed by atoms with Gasteiger partial charge in [-0.1, -0.05) is 0 Å². The van der Waals surface area contributed by atoms with Crippen molar-refractivity contribution in [2.75, 3.05) is 0 Å². The predicted octanol–water partition coefficient (Wildman–Crippen LogP) is 2.71. The van der Waals surface area contributed by atoms with Crippen LogP contribution in [0.5, 0.6) is 0 Å². The molecule has 0 aromatic carbocycles. The normalized spacial score (nSPS) is 13.6. The van der Waals surface area contributed by atoms with Gasteiger partial charge in [0.2, 0.25) is 0 Å². The van der Waals surface area contributed by atoms with Crippen LogP contribution in [0.15, 0.2) is 0 Å². The van der Waals surface area contributed by atoms with E-state index in [1.807, 2.05) is 0 Å². The minimum Gasteiger partial charge on any atom is -0.302 e. The Balaban J connectivity index is 0. The fourth-order valence-corrected chi connectivity index (χ4v) is 2.13. The second kappa shape index (κ2) is 5.26. The zero-order valence-corrected chi connectivity index (χ0v) is 11.8. The molecule has 14 heavy (non-hydrogen) atoms. The fourth-order valence-electron chi connectivity index (χ4n) is 0.711. The summed E-state index contributed by atoms with van der Waals surface area (Å²) in [7, 11) is -3.94. The van der Waals surface area contributed by atoms with Crippen LogP contribution in [0.1, 0.15) is 41.5 Å². The number of hydrogen-bond donors (Lipinski definition) is 1. The van der Waals surface area contributed by atoms with Gasteiger partial charge in [-0.25, -0.2) is 4.57 Å². The van der Waals surface area contributed by atoms with Crippen LogP contribution in [0.3, 0.4) is 0 Å². The Morgan fingerprint density at radius 3 is 1.29 bits per heavy atom. The average molecular weight is 318 g/mol. The van der Waals surface area contributed by atoms with Crippen LogP contribution >= 0.6 is 7.82 Å². The Morgan fingerprint density at radius 1 is 0.929 bits per heavy atom. The Bertz CT molecular complexity index is 196. The van der Waals surface area contributed by atoms with E-state index in [0.29, 0.717) is 0 Å². The van der Waals surface area contributed by atoms with Gasteiger partial charge in [-0.15, -0.1) is 0 Å². The molecule has 91 valence electrons. The third kappa shape index (κ3) is 10.9. The third-order valence-electron chi connectivity index (χ3n) is 0.778. The van der Waals surface area contributed by atoms with Crippen molar-refractivity contribution in [3.05, 3.63) is 0 Å². The maximum absolute atomic E-state index is 11.4. The molecule has 0 atom stereocenters. The molecule has 0 spiro atoms. The van der Waals surface area contributed by atoms with Crippen LogP contribution in [0.25, 0.3) is 0 Å². The van der Waals surface area contributed by atoms with E-state index in [2.05, 4.69) is 0 Å². The largest absolute Gasteiger partial charge is 0.473 e. The van der Waals surface area contributed by atoms with Crippen molar-refractivity contribution in [2.24, 2.45) is 0 Å². The summed E-state index contributed by atoms with van der Waals surface area (Å²) in [5, 5.41) is 0. The topological polar surface area (TPSA) is 55.8 Å². The van der Waals surface area contributed by atoms with E-state index in [1.165, 1.54) is 0 Å². The number of rotatable bonds is 2. The first-order chi connectivity index (χ1) is 5.41. The molecular weight excluding hydrogens is 299 g/mol. The SMILES string of the molecule is CC(C)(C)OP(=O)(O)OC(C)(C)C.[Ag]. The maximum Gasteiger partial charge on any atom is 0.473 e. The number of hydrogen-bond acceptors (Lipinski definition) is 3. The average Bonchev–Trinajstić information content (AvgIpc) is 1.43. The molecule has 0 aliphatic rings. The van der Waals surface area contributed by atoms with Gasteiger partial charge in [-0.2, -0.15) is 0 Å². The molecule has 0 unspecified atom stereocenters. The molecule has 0 saturated carbocycles. The van der Waals surface area contributed by atoms with Crippen LogP contribution in [-0.2, 0) is 36.0 Å². The summed E-state index contributed by atoms with van der Waals surface area (Å²) in [6, 6.07) is 0. The van der Waals surface area contributed by atoms with Crippen molar-refractivity contribution >= 4 is 7.82 Å². The molecule has 4 nitrogen and oxygen atoms in total. The molecule has 0 bridgehead atoms. The quantitative estimate of drug-likeness (QED) is 0.628. The second-order valence-electron chi connectivity index (χ2n) is 4.88. The molecular formula is C8H19AgO4P. The fraction of sp³-hybridized carbons (Fsp3) is 1.00. The third-order valence-corrected chi connectivity index (χ3v) is 2.34. The Kier molecular flexibility index (Phi) is 6.48. The Labute approximate surface area is 101 Å². The summed E-state index contributed by atoms with van der Waals surface area (Å²) in [6.07, 6.45) is 0. The molecule has 0 rings (SSSR count). The van der Waals surface area contributed by atoms with Crippen molar-refractivity contribution in [3.8, 4) is 0 Å². The first kappa shape index (κ1) is 17.3. The molecule has 1 N–H and O–H groups in total. The molecule has 0 heterocycles. The summed E-state index contributed by atoms with van der Waals surface area (Å²) in [5.74, 6) is 0. The van der Waals surface area contributed by atoms with Crippen molar-refractivity contribution < 1.29 is 40.9 Å². The first-order valence-corrected chi connectivity index (χ1v) is 5.65. The monoisotopic (exact) mass is 317 g/mol.